The van der Waals surface area contributed by atoms with Crippen molar-refractivity contribution in [1.82, 2.24) is 9.97 Å². The Labute approximate surface area is 151 Å². The summed E-state index contributed by atoms with van der Waals surface area (Å²) in [6.07, 6.45) is 1.93. The van der Waals surface area contributed by atoms with Crippen LogP contribution in [0.5, 0.6) is 0 Å². The fraction of sp³-hybridized carbons (Fsp3) is 0.412. The maximum Gasteiger partial charge on any atom is 0.189 e. The van der Waals surface area contributed by atoms with E-state index in [1.807, 2.05) is 30.0 Å². The number of benzene rings is 1. The van der Waals surface area contributed by atoms with Gasteiger partial charge < -0.3 is 5.32 Å². The van der Waals surface area contributed by atoms with Gasteiger partial charge >= 0.3 is 0 Å². The summed E-state index contributed by atoms with van der Waals surface area (Å²) in [6.45, 7) is 2.96. The van der Waals surface area contributed by atoms with Crippen LogP contribution >= 0.6 is 35.1 Å². The van der Waals surface area contributed by atoms with Crippen LogP contribution in [0.3, 0.4) is 0 Å². The van der Waals surface area contributed by atoms with Gasteiger partial charge in [-0.3, -0.25) is 0 Å². The molecule has 0 bridgehead atoms. The number of hydrogen-bond donors (Lipinski definition) is 1. The molecule has 2 aromatic rings. The lowest BCUT2D eigenvalue weighted by atomic mass is 10.1. The number of aromatic nitrogens is 2. The van der Waals surface area contributed by atoms with Crippen LogP contribution in [0.15, 0.2) is 29.4 Å². The molecule has 0 amide bonds. The minimum absolute atomic E-state index is 0.827. The first-order valence-electron chi connectivity index (χ1n) is 7.85. The van der Waals surface area contributed by atoms with Crippen LogP contribution in [0.2, 0.25) is 5.02 Å². The average molecular weight is 366 g/mol. The molecule has 1 aromatic carbocycles. The molecule has 0 radical (unpaired) electrons. The minimum Gasteiger partial charge on any atom is -0.369 e. The number of hydrogen-bond acceptors (Lipinski definition) is 5. The molecule has 1 aliphatic rings. The monoisotopic (exact) mass is 365 g/mol. The molecule has 0 saturated heterocycles. The van der Waals surface area contributed by atoms with Gasteiger partial charge in [0.25, 0.3) is 0 Å². The van der Waals surface area contributed by atoms with Gasteiger partial charge in [0, 0.05) is 22.9 Å². The first kappa shape index (κ1) is 16.9. The van der Waals surface area contributed by atoms with Crippen LogP contribution in [-0.2, 0) is 18.6 Å². The van der Waals surface area contributed by atoms with Crippen LogP contribution in [0.25, 0.3) is 0 Å². The fourth-order valence-corrected chi connectivity index (χ4v) is 4.37. The molecular formula is C17H20ClN3S2. The molecule has 1 N–H and O–H groups in total. The lowest BCUT2D eigenvalue weighted by Crippen LogP contribution is -2.15. The summed E-state index contributed by atoms with van der Waals surface area (Å²) in [5.74, 6) is 4.15. The van der Waals surface area contributed by atoms with Gasteiger partial charge in [-0.25, -0.2) is 9.97 Å². The van der Waals surface area contributed by atoms with Gasteiger partial charge in [-0.15, -0.1) is 0 Å². The van der Waals surface area contributed by atoms with Gasteiger partial charge in [0.15, 0.2) is 5.16 Å². The molecule has 0 spiro atoms. The fourth-order valence-electron chi connectivity index (χ4n) is 2.57. The number of aryl methyl sites for hydroxylation is 1. The number of halogens is 1. The van der Waals surface area contributed by atoms with Gasteiger partial charge in [0.05, 0.1) is 5.69 Å². The summed E-state index contributed by atoms with van der Waals surface area (Å²) in [7, 11) is 0. The van der Waals surface area contributed by atoms with Crippen molar-refractivity contribution >= 4 is 40.9 Å². The standard InChI is InChI=1S/C17H20ClN3S2/c1-2-23-17-20-15-8-10-22-11-13(15)16(21-17)19-9-7-12-5-3-4-6-14(12)18/h3-6H,2,7-11H2,1H3,(H,19,20,21). The van der Waals surface area contributed by atoms with E-state index in [4.69, 9.17) is 21.6 Å². The molecule has 0 unspecified atom stereocenters. The van der Waals surface area contributed by atoms with Crippen LogP contribution in [0, 0.1) is 0 Å². The quantitative estimate of drug-likeness (QED) is 0.594. The van der Waals surface area contributed by atoms with Gasteiger partial charge in [-0.05, 0) is 36.0 Å². The summed E-state index contributed by atoms with van der Waals surface area (Å²) >= 11 is 9.89. The van der Waals surface area contributed by atoms with Crippen LogP contribution in [0.1, 0.15) is 23.7 Å². The van der Waals surface area contributed by atoms with Crippen molar-refractivity contribution in [2.75, 3.05) is 23.4 Å². The molecule has 3 nitrogen and oxygen atoms in total. The van der Waals surface area contributed by atoms with E-state index in [0.29, 0.717) is 0 Å². The highest BCUT2D eigenvalue weighted by Crippen LogP contribution is 2.30. The zero-order valence-corrected chi connectivity index (χ0v) is 15.5. The lowest BCUT2D eigenvalue weighted by Gasteiger charge is -2.19. The third-order valence-electron chi connectivity index (χ3n) is 3.72. The van der Waals surface area contributed by atoms with Crippen LogP contribution < -0.4 is 5.32 Å². The Morgan fingerprint density at radius 1 is 1.30 bits per heavy atom. The molecule has 122 valence electrons. The molecule has 0 fully saturated rings. The summed E-state index contributed by atoms with van der Waals surface area (Å²) in [5, 5.41) is 5.23. The third-order valence-corrected chi connectivity index (χ3v) is 5.80. The van der Waals surface area contributed by atoms with Crippen molar-refractivity contribution in [1.29, 1.82) is 0 Å². The van der Waals surface area contributed by atoms with Crippen LogP contribution in [-0.4, -0.2) is 28.0 Å². The normalized spacial score (nSPS) is 13.7. The predicted molar refractivity (Wildman–Crippen MR) is 102 cm³/mol. The lowest BCUT2D eigenvalue weighted by molar-refractivity contribution is 0.855. The van der Waals surface area contributed by atoms with Gasteiger partial charge in [0.1, 0.15) is 5.82 Å². The molecule has 23 heavy (non-hydrogen) atoms. The molecule has 0 saturated carbocycles. The molecule has 2 heterocycles. The van der Waals surface area contributed by atoms with Gasteiger partial charge in [-0.2, -0.15) is 11.8 Å². The van der Waals surface area contributed by atoms with Crippen LogP contribution in [0.4, 0.5) is 5.82 Å². The second-order valence-electron chi connectivity index (χ2n) is 5.28. The van der Waals surface area contributed by atoms with E-state index in [0.717, 1.165) is 52.6 Å². The van der Waals surface area contributed by atoms with Gasteiger partial charge in [-0.1, -0.05) is 48.5 Å². The zero-order chi connectivity index (χ0) is 16.1. The number of nitrogens with zero attached hydrogens (tertiary/aromatic N) is 2. The summed E-state index contributed by atoms with van der Waals surface area (Å²) in [5.41, 5.74) is 3.66. The van der Waals surface area contributed by atoms with E-state index >= 15 is 0 Å². The van der Waals surface area contributed by atoms with E-state index in [9.17, 15) is 0 Å². The average Bonchev–Trinajstić information content (AvgIpc) is 2.57. The molecule has 6 heteroatoms. The number of rotatable bonds is 6. The summed E-state index contributed by atoms with van der Waals surface area (Å²) in [4.78, 5) is 9.45. The highest BCUT2D eigenvalue weighted by Gasteiger charge is 2.18. The maximum absolute atomic E-state index is 6.23. The van der Waals surface area contributed by atoms with Crippen molar-refractivity contribution in [3.8, 4) is 0 Å². The highest BCUT2D eigenvalue weighted by molar-refractivity contribution is 7.99. The molecule has 0 atom stereocenters. The molecular weight excluding hydrogens is 346 g/mol. The van der Waals surface area contributed by atoms with Crippen molar-refractivity contribution in [2.45, 2.75) is 30.7 Å². The third kappa shape index (κ3) is 4.34. The number of nitrogens with one attached hydrogen (secondary N) is 1. The Bertz CT molecular complexity index is 679. The molecule has 1 aromatic heterocycles. The van der Waals surface area contributed by atoms with Crippen molar-refractivity contribution < 1.29 is 0 Å². The Morgan fingerprint density at radius 2 is 2.17 bits per heavy atom. The van der Waals surface area contributed by atoms with Gasteiger partial charge in [0.2, 0.25) is 0 Å². The number of fused-ring (bicyclic) bond motifs is 1. The smallest absolute Gasteiger partial charge is 0.189 e. The van der Waals surface area contributed by atoms with Crippen molar-refractivity contribution in [3.05, 3.63) is 46.1 Å². The summed E-state index contributed by atoms with van der Waals surface area (Å²) in [6, 6.07) is 8.01. The van der Waals surface area contributed by atoms with E-state index in [1.54, 1.807) is 11.8 Å². The number of thioether (sulfide) groups is 2. The van der Waals surface area contributed by atoms with Crippen molar-refractivity contribution in [2.24, 2.45) is 0 Å². The van der Waals surface area contributed by atoms with E-state index in [1.165, 1.54) is 16.8 Å². The Kier molecular flexibility index (Phi) is 6.08. The first-order valence-corrected chi connectivity index (χ1v) is 10.4. The van der Waals surface area contributed by atoms with E-state index in [2.05, 4.69) is 18.3 Å². The number of anilines is 1. The zero-order valence-electron chi connectivity index (χ0n) is 13.1. The minimum atomic E-state index is 0.827. The molecule has 3 rings (SSSR count). The Morgan fingerprint density at radius 3 is 3.00 bits per heavy atom. The predicted octanol–water partition coefficient (Wildman–Crippen LogP) is 4.69. The first-order chi connectivity index (χ1) is 11.3. The largest absolute Gasteiger partial charge is 0.369 e. The molecule has 0 aliphatic carbocycles. The Hall–Kier alpha value is -0.910. The molecule has 1 aliphatic heterocycles. The second-order valence-corrected chi connectivity index (χ2v) is 8.03. The van der Waals surface area contributed by atoms with E-state index in [-0.39, 0.29) is 0 Å². The van der Waals surface area contributed by atoms with E-state index < -0.39 is 0 Å². The topological polar surface area (TPSA) is 37.8 Å². The SMILES string of the molecule is CCSc1nc2c(c(NCCc3ccccc3Cl)n1)CSCC2. The highest BCUT2D eigenvalue weighted by atomic mass is 35.5. The Balaban J connectivity index is 1.73. The maximum atomic E-state index is 6.23. The summed E-state index contributed by atoms with van der Waals surface area (Å²) < 4.78 is 0. The second kappa shape index (κ2) is 8.27. The van der Waals surface area contributed by atoms with Crippen molar-refractivity contribution in [3.63, 3.8) is 0 Å².